The molecule has 1 heterocycles. The predicted octanol–water partition coefficient (Wildman–Crippen LogP) is 9.29. The van der Waals surface area contributed by atoms with E-state index in [-0.39, 0.29) is 36.6 Å². The molecule has 2 aromatic carbocycles. The van der Waals surface area contributed by atoms with E-state index in [9.17, 15) is 14.7 Å². The van der Waals surface area contributed by atoms with Crippen molar-refractivity contribution in [3.05, 3.63) is 68.4 Å². The van der Waals surface area contributed by atoms with E-state index in [0.29, 0.717) is 35.0 Å². The Morgan fingerprint density at radius 3 is 2.09 bits per heavy atom. The zero-order chi connectivity index (χ0) is 23.6. The third-order valence-electron chi connectivity index (χ3n) is 4.61. The molecule has 0 spiro atoms. The van der Waals surface area contributed by atoms with Gasteiger partial charge in [-0.25, -0.2) is 4.79 Å². The Balaban J connectivity index is 2.41. The molecular weight excluding hydrogens is 954 g/mol. The van der Waals surface area contributed by atoms with Gasteiger partial charge in [0, 0.05) is 25.6 Å². The van der Waals surface area contributed by atoms with Crippen LogP contribution in [0.1, 0.15) is 10.4 Å². The molecule has 2 aromatic rings. The second-order valence-electron chi connectivity index (χ2n) is 6.43. The lowest BCUT2D eigenvalue weighted by Crippen LogP contribution is -2.13. The Labute approximate surface area is 255 Å². The van der Waals surface area contributed by atoms with Crippen LogP contribution in [0.25, 0.3) is 33.4 Å². The van der Waals surface area contributed by atoms with E-state index in [1.54, 1.807) is 6.07 Å². The Hall–Kier alpha value is 0.680. The summed E-state index contributed by atoms with van der Waals surface area (Å²) in [4.78, 5) is 24.9. The van der Waals surface area contributed by atoms with E-state index in [4.69, 9.17) is 50.8 Å². The van der Waals surface area contributed by atoms with Gasteiger partial charge >= 0.3 is 5.97 Å². The van der Waals surface area contributed by atoms with Crippen LogP contribution < -0.4 is 5.43 Å². The first-order chi connectivity index (χ1) is 15.0. The molecule has 0 aromatic heterocycles. The number of aromatic carboxylic acids is 1. The van der Waals surface area contributed by atoms with Crippen LogP contribution in [0.4, 0.5) is 0 Å². The molecule has 1 N–H and O–H groups in total. The van der Waals surface area contributed by atoms with Gasteiger partial charge in [-0.2, -0.15) is 0 Å². The van der Waals surface area contributed by atoms with Crippen molar-refractivity contribution >= 4 is 154 Å². The summed E-state index contributed by atoms with van der Waals surface area (Å²) >= 11 is 33.6. The molecule has 164 valence electrons. The highest BCUT2D eigenvalue weighted by Gasteiger charge is 2.31. The zero-order valence-corrected chi connectivity index (χ0v) is 26.6. The van der Waals surface area contributed by atoms with Gasteiger partial charge in [0.25, 0.3) is 0 Å². The summed E-state index contributed by atoms with van der Waals surface area (Å²) in [5, 5.41) is 10.1. The van der Waals surface area contributed by atoms with Gasteiger partial charge in [-0.1, -0.05) is 46.4 Å². The molecular formula is C20H4Cl4I4O4. The minimum atomic E-state index is -1.32. The molecule has 0 bridgehead atoms. The Bertz CT molecular complexity index is 1520. The fourth-order valence-corrected chi connectivity index (χ4v) is 8.07. The fourth-order valence-electron chi connectivity index (χ4n) is 3.30. The van der Waals surface area contributed by atoms with Crippen LogP contribution in [0.3, 0.4) is 0 Å². The average molecular weight is 958 g/mol. The highest BCUT2D eigenvalue weighted by Crippen LogP contribution is 2.51. The summed E-state index contributed by atoms with van der Waals surface area (Å²) < 4.78 is 8.64. The molecule has 0 atom stereocenters. The molecule has 1 aliphatic heterocycles. The number of carboxylic acid groups (broad SMARTS) is 1. The first-order valence-corrected chi connectivity index (χ1v) is 14.1. The smallest absolute Gasteiger partial charge is 0.337 e. The highest BCUT2D eigenvalue weighted by atomic mass is 127. The third-order valence-corrected chi connectivity index (χ3v) is 9.62. The van der Waals surface area contributed by atoms with Gasteiger partial charge in [0.05, 0.1) is 32.8 Å². The summed E-state index contributed by atoms with van der Waals surface area (Å²) in [5.41, 5.74) is 1.04. The average Bonchev–Trinajstić information content (AvgIpc) is 2.72. The van der Waals surface area contributed by atoms with Gasteiger partial charge in [0.1, 0.15) is 9.15 Å². The van der Waals surface area contributed by atoms with Gasteiger partial charge in [0.2, 0.25) is 5.43 Å². The van der Waals surface area contributed by atoms with E-state index >= 15 is 0 Å². The fraction of sp³-hybridized carbons (Fsp3) is 0. The van der Waals surface area contributed by atoms with Crippen molar-refractivity contribution in [2.45, 2.75) is 0 Å². The van der Waals surface area contributed by atoms with E-state index in [0.717, 1.165) is 7.14 Å². The van der Waals surface area contributed by atoms with E-state index in [1.807, 2.05) is 57.3 Å². The van der Waals surface area contributed by atoms with Crippen molar-refractivity contribution in [3.63, 3.8) is 0 Å². The number of rotatable bonds is 2. The van der Waals surface area contributed by atoms with Crippen LogP contribution in [0, 0.1) is 14.3 Å². The Morgan fingerprint density at radius 1 is 0.844 bits per heavy atom. The van der Waals surface area contributed by atoms with E-state index in [2.05, 4.69) is 45.2 Å². The molecule has 12 heteroatoms. The monoisotopic (exact) mass is 956 g/mol. The molecule has 4 rings (SSSR count). The topological polar surface area (TPSA) is 67.5 Å². The number of hydrogen-bond donors (Lipinski definition) is 1. The van der Waals surface area contributed by atoms with Crippen LogP contribution in [0.5, 0.6) is 0 Å². The number of hydrogen-bond acceptors (Lipinski definition) is 3. The first kappa shape index (κ1) is 25.8. The molecule has 0 unspecified atom stereocenters. The third kappa shape index (κ3) is 4.15. The van der Waals surface area contributed by atoms with Crippen molar-refractivity contribution in [2.75, 3.05) is 0 Å². The summed E-state index contributed by atoms with van der Waals surface area (Å²) in [5.74, 6) is -1.01. The number of benzene rings is 3. The Morgan fingerprint density at radius 2 is 1.47 bits per heavy atom. The largest absolute Gasteiger partial charge is 0.478 e. The summed E-state index contributed by atoms with van der Waals surface area (Å²) in [6.45, 7) is 0. The molecule has 2 aliphatic rings. The predicted molar refractivity (Wildman–Crippen MR) is 162 cm³/mol. The van der Waals surface area contributed by atoms with Gasteiger partial charge < -0.3 is 9.52 Å². The highest BCUT2D eigenvalue weighted by molar-refractivity contribution is 14.1. The van der Waals surface area contributed by atoms with Gasteiger partial charge in [-0.05, 0) is 109 Å². The summed E-state index contributed by atoms with van der Waals surface area (Å²) in [7, 11) is 0. The lowest BCUT2D eigenvalue weighted by Gasteiger charge is -2.21. The van der Waals surface area contributed by atoms with Crippen molar-refractivity contribution in [1.82, 2.24) is 0 Å². The summed E-state index contributed by atoms with van der Waals surface area (Å²) in [6, 6.07) is 5.39. The van der Waals surface area contributed by atoms with Crippen LogP contribution in [0.2, 0.25) is 20.1 Å². The maximum absolute atomic E-state index is 12.6. The molecule has 1 aliphatic carbocycles. The maximum Gasteiger partial charge on any atom is 0.337 e. The number of halogens is 8. The zero-order valence-electron chi connectivity index (χ0n) is 14.9. The molecule has 0 saturated carbocycles. The van der Waals surface area contributed by atoms with Crippen molar-refractivity contribution in [2.24, 2.45) is 0 Å². The molecule has 0 saturated heterocycles. The van der Waals surface area contributed by atoms with Crippen LogP contribution in [-0.4, -0.2) is 11.1 Å². The number of carboxylic acids is 1. The van der Waals surface area contributed by atoms with E-state index in [1.165, 1.54) is 0 Å². The number of fused-ring (bicyclic) bond motifs is 2. The molecule has 0 fully saturated rings. The van der Waals surface area contributed by atoms with Gasteiger partial charge in [-0.3, -0.25) is 4.79 Å². The van der Waals surface area contributed by atoms with E-state index < -0.39 is 5.97 Å². The first-order valence-electron chi connectivity index (χ1n) is 8.28. The van der Waals surface area contributed by atoms with Crippen molar-refractivity contribution in [3.8, 4) is 22.5 Å². The summed E-state index contributed by atoms with van der Waals surface area (Å²) in [6.07, 6.45) is 0. The Kier molecular flexibility index (Phi) is 7.74. The molecule has 0 radical (unpaired) electrons. The van der Waals surface area contributed by atoms with Crippen molar-refractivity contribution in [1.29, 1.82) is 0 Å². The van der Waals surface area contributed by atoms with Crippen LogP contribution >= 0.6 is 137 Å². The minimum Gasteiger partial charge on any atom is -0.478 e. The molecule has 0 amide bonds. The normalized spacial score (nSPS) is 11.5. The van der Waals surface area contributed by atoms with Gasteiger partial charge in [0.15, 0.2) is 5.76 Å². The minimum absolute atomic E-state index is 0.0580. The number of carbonyl (C=O) groups is 1. The van der Waals surface area contributed by atoms with Crippen LogP contribution in [0.15, 0.2) is 27.4 Å². The second kappa shape index (κ2) is 9.62. The van der Waals surface area contributed by atoms with Crippen molar-refractivity contribution < 1.29 is 14.3 Å². The standard InChI is InChI=1S/C20H4Cl4I4O4/c21-12-10(11(20(30)31)13(22)15(24)14(12)23)9-5-1-4(25)2-8(27)18(5)32-19-6(9)3-7(26)17(29)16(19)28/h1-3H,(H,30,31). The van der Waals surface area contributed by atoms with Gasteiger partial charge in [-0.15, -0.1) is 0 Å². The second-order valence-corrected chi connectivity index (χ2v) is 12.6. The quantitative estimate of drug-likeness (QED) is 0.0943. The lowest BCUT2D eigenvalue weighted by molar-refractivity contribution is 0.0698. The molecule has 4 nitrogen and oxygen atoms in total. The maximum atomic E-state index is 12.6. The molecule has 32 heavy (non-hydrogen) atoms. The lowest BCUT2D eigenvalue weighted by atomic mass is 9.90. The van der Waals surface area contributed by atoms with Crippen LogP contribution in [-0.2, 0) is 0 Å². The SMILES string of the molecule is O=C(O)c1c(Cl)c(Cl)c(Cl)c(Cl)c1-c1c2cc(I)c(=O)c(I)c-2oc2c(I)cc(I)cc12.